The van der Waals surface area contributed by atoms with Crippen molar-refractivity contribution in [1.82, 2.24) is 0 Å². The Kier molecular flexibility index (Phi) is 5.89. The van der Waals surface area contributed by atoms with E-state index in [1.165, 1.54) is 0 Å². The molecule has 0 unspecified atom stereocenters. The van der Waals surface area contributed by atoms with Crippen molar-refractivity contribution in [1.29, 1.82) is 0 Å². The Balaban J connectivity index is 1.80. The standard InChI is InChI=1S/C22H19ClN2O2/c1-2-25(20-12-4-3-5-13-20)22(27)17-9-7-11-19(15-17)24-21(26)16-8-6-10-18(23)14-16/h3-15H,2H2,1H3,(H,24,26). The Morgan fingerprint density at radius 2 is 1.59 bits per heavy atom. The molecule has 3 aromatic rings. The number of benzene rings is 3. The predicted octanol–water partition coefficient (Wildman–Crippen LogP) is 5.26. The van der Waals surface area contributed by atoms with Gasteiger partial charge in [-0.25, -0.2) is 0 Å². The Morgan fingerprint density at radius 3 is 2.30 bits per heavy atom. The maximum absolute atomic E-state index is 12.9. The van der Waals surface area contributed by atoms with Crippen LogP contribution in [-0.4, -0.2) is 18.4 Å². The molecule has 0 fully saturated rings. The lowest BCUT2D eigenvalue weighted by molar-refractivity contribution is 0.0985. The molecular formula is C22H19ClN2O2. The lowest BCUT2D eigenvalue weighted by atomic mass is 10.1. The maximum atomic E-state index is 12.9. The Bertz CT molecular complexity index is 957. The Morgan fingerprint density at radius 1 is 0.889 bits per heavy atom. The predicted molar refractivity (Wildman–Crippen MR) is 110 cm³/mol. The van der Waals surface area contributed by atoms with E-state index in [9.17, 15) is 9.59 Å². The first-order chi connectivity index (χ1) is 13.1. The van der Waals surface area contributed by atoms with Gasteiger partial charge in [0.15, 0.2) is 0 Å². The summed E-state index contributed by atoms with van der Waals surface area (Å²) < 4.78 is 0. The number of nitrogens with one attached hydrogen (secondary N) is 1. The molecule has 5 heteroatoms. The number of hydrogen-bond acceptors (Lipinski definition) is 2. The number of para-hydroxylation sites is 1. The average molecular weight is 379 g/mol. The van der Waals surface area contributed by atoms with Gasteiger partial charge in [0.05, 0.1) is 0 Å². The molecule has 0 aliphatic heterocycles. The quantitative estimate of drug-likeness (QED) is 0.658. The van der Waals surface area contributed by atoms with Gasteiger partial charge >= 0.3 is 0 Å². The number of hydrogen-bond donors (Lipinski definition) is 1. The van der Waals surface area contributed by atoms with Crippen LogP contribution in [0.25, 0.3) is 0 Å². The smallest absolute Gasteiger partial charge is 0.258 e. The molecule has 1 N–H and O–H groups in total. The zero-order valence-electron chi connectivity index (χ0n) is 14.9. The van der Waals surface area contributed by atoms with Crippen molar-refractivity contribution in [2.24, 2.45) is 0 Å². The van der Waals surface area contributed by atoms with Gasteiger partial charge in [-0.15, -0.1) is 0 Å². The van der Waals surface area contributed by atoms with Gasteiger partial charge in [-0.3, -0.25) is 9.59 Å². The molecule has 0 bridgehead atoms. The second kappa shape index (κ2) is 8.52. The van der Waals surface area contributed by atoms with Crippen LogP contribution in [0.5, 0.6) is 0 Å². The molecular weight excluding hydrogens is 360 g/mol. The summed E-state index contributed by atoms with van der Waals surface area (Å²) in [4.78, 5) is 27.0. The van der Waals surface area contributed by atoms with Gasteiger partial charge in [0.2, 0.25) is 0 Å². The maximum Gasteiger partial charge on any atom is 0.258 e. The number of amides is 2. The summed E-state index contributed by atoms with van der Waals surface area (Å²) in [5.41, 5.74) is 2.34. The summed E-state index contributed by atoms with van der Waals surface area (Å²) in [5, 5.41) is 3.30. The van der Waals surface area contributed by atoms with Gasteiger partial charge < -0.3 is 10.2 Å². The number of nitrogens with zero attached hydrogens (tertiary/aromatic N) is 1. The van der Waals surface area contributed by atoms with Crippen LogP contribution in [0.4, 0.5) is 11.4 Å². The number of carbonyl (C=O) groups excluding carboxylic acids is 2. The van der Waals surface area contributed by atoms with Gasteiger partial charge in [0.25, 0.3) is 11.8 Å². The first-order valence-corrected chi connectivity index (χ1v) is 9.00. The summed E-state index contributed by atoms with van der Waals surface area (Å²) in [6, 6.07) is 23.1. The van der Waals surface area contributed by atoms with Crippen LogP contribution in [-0.2, 0) is 0 Å². The first-order valence-electron chi connectivity index (χ1n) is 8.62. The van der Waals surface area contributed by atoms with Crippen molar-refractivity contribution in [3.63, 3.8) is 0 Å². The van der Waals surface area contributed by atoms with Crippen LogP contribution >= 0.6 is 11.6 Å². The van der Waals surface area contributed by atoms with Gasteiger partial charge in [-0.2, -0.15) is 0 Å². The SMILES string of the molecule is CCN(C(=O)c1cccc(NC(=O)c2cccc(Cl)c2)c1)c1ccccc1. The Hall–Kier alpha value is -3.11. The molecule has 27 heavy (non-hydrogen) atoms. The second-order valence-corrected chi connectivity index (χ2v) is 6.37. The van der Waals surface area contributed by atoms with E-state index in [0.717, 1.165) is 5.69 Å². The van der Waals surface area contributed by atoms with E-state index in [2.05, 4.69) is 5.32 Å². The lowest BCUT2D eigenvalue weighted by Gasteiger charge is -2.21. The van der Waals surface area contributed by atoms with E-state index >= 15 is 0 Å². The number of rotatable bonds is 5. The van der Waals surface area contributed by atoms with E-state index in [1.54, 1.807) is 53.4 Å². The molecule has 4 nitrogen and oxygen atoms in total. The molecule has 2 amide bonds. The van der Waals surface area contributed by atoms with Crippen molar-refractivity contribution in [3.8, 4) is 0 Å². The van der Waals surface area contributed by atoms with Crippen LogP contribution < -0.4 is 10.2 Å². The van der Waals surface area contributed by atoms with E-state index in [4.69, 9.17) is 11.6 Å². The molecule has 0 atom stereocenters. The highest BCUT2D eigenvalue weighted by molar-refractivity contribution is 6.31. The Labute approximate surface area is 163 Å². The second-order valence-electron chi connectivity index (χ2n) is 5.93. The number of anilines is 2. The third-order valence-electron chi connectivity index (χ3n) is 4.08. The van der Waals surface area contributed by atoms with E-state index in [1.807, 2.05) is 37.3 Å². The molecule has 0 aliphatic carbocycles. The fourth-order valence-corrected chi connectivity index (χ4v) is 2.96. The van der Waals surface area contributed by atoms with Crippen molar-refractivity contribution >= 4 is 34.8 Å². The molecule has 3 rings (SSSR count). The van der Waals surface area contributed by atoms with Crippen molar-refractivity contribution in [3.05, 3.63) is 95.0 Å². The van der Waals surface area contributed by atoms with Gasteiger partial charge in [-0.1, -0.05) is 41.9 Å². The summed E-state index contributed by atoms with van der Waals surface area (Å²) >= 11 is 5.94. The summed E-state index contributed by atoms with van der Waals surface area (Å²) in [5.74, 6) is -0.403. The molecule has 0 heterocycles. The fraction of sp³-hybridized carbons (Fsp3) is 0.0909. The van der Waals surface area contributed by atoms with Gasteiger partial charge in [0, 0.05) is 34.1 Å². The van der Waals surface area contributed by atoms with Crippen LogP contribution in [0.1, 0.15) is 27.6 Å². The molecule has 0 saturated carbocycles. The van der Waals surface area contributed by atoms with E-state index < -0.39 is 0 Å². The van der Waals surface area contributed by atoms with E-state index in [-0.39, 0.29) is 11.8 Å². The van der Waals surface area contributed by atoms with Crippen LogP contribution in [0.15, 0.2) is 78.9 Å². The van der Waals surface area contributed by atoms with Crippen molar-refractivity contribution in [2.75, 3.05) is 16.8 Å². The number of halogens is 1. The summed E-state index contributed by atoms with van der Waals surface area (Å²) in [6.45, 7) is 2.47. The van der Waals surface area contributed by atoms with Gasteiger partial charge in [-0.05, 0) is 55.5 Å². The molecule has 0 spiro atoms. The largest absolute Gasteiger partial charge is 0.322 e. The minimum atomic E-state index is -0.280. The number of carbonyl (C=O) groups is 2. The molecule has 3 aromatic carbocycles. The van der Waals surface area contributed by atoms with Crippen LogP contribution in [0, 0.1) is 0 Å². The third-order valence-corrected chi connectivity index (χ3v) is 4.32. The monoisotopic (exact) mass is 378 g/mol. The van der Waals surface area contributed by atoms with Crippen LogP contribution in [0.2, 0.25) is 5.02 Å². The molecule has 136 valence electrons. The van der Waals surface area contributed by atoms with Crippen molar-refractivity contribution in [2.45, 2.75) is 6.92 Å². The summed E-state index contributed by atoms with van der Waals surface area (Å²) in [6.07, 6.45) is 0. The van der Waals surface area contributed by atoms with Gasteiger partial charge in [0.1, 0.15) is 0 Å². The molecule has 0 aromatic heterocycles. The third kappa shape index (κ3) is 4.54. The average Bonchev–Trinajstić information content (AvgIpc) is 2.69. The molecule has 0 radical (unpaired) electrons. The lowest BCUT2D eigenvalue weighted by Crippen LogP contribution is -2.30. The normalized spacial score (nSPS) is 10.3. The topological polar surface area (TPSA) is 49.4 Å². The first kappa shape index (κ1) is 18.7. The molecule has 0 saturated heterocycles. The van der Waals surface area contributed by atoms with Crippen LogP contribution in [0.3, 0.4) is 0 Å². The highest BCUT2D eigenvalue weighted by Gasteiger charge is 2.16. The summed E-state index contributed by atoms with van der Waals surface area (Å²) in [7, 11) is 0. The highest BCUT2D eigenvalue weighted by atomic mass is 35.5. The minimum absolute atomic E-state index is 0.123. The zero-order chi connectivity index (χ0) is 19.2. The fourth-order valence-electron chi connectivity index (χ4n) is 2.77. The highest BCUT2D eigenvalue weighted by Crippen LogP contribution is 2.19. The van der Waals surface area contributed by atoms with Crippen molar-refractivity contribution < 1.29 is 9.59 Å². The zero-order valence-corrected chi connectivity index (χ0v) is 15.6. The molecule has 0 aliphatic rings. The minimum Gasteiger partial charge on any atom is -0.322 e. The van der Waals surface area contributed by atoms with E-state index in [0.29, 0.717) is 28.4 Å².